The highest BCUT2D eigenvalue weighted by Gasteiger charge is 2.28. The fourth-order valence-corrected chi connectivity index (χ4v) is 4.41. The molecule has 2 heterocycles. The molecule has 6 heteroatoms. The third-order valence-electron chi connectivity index (χ3n) is 4.56. The SMILES string of the molecule is COc1ccc(-c2cn(-c3ccc(C)c(Cl)c3)c3[n+]2CCCS3)cc1.[Br-]. The minimum Gasteiger partial charge on any atom is -1.00 e. The van der Waals surface area contributed by atoms with Crippen molar-refractivity contribution in [1.29, 1.82) is 0 Å². The summed E-state index contributed by atoms with van der Waals surface area (Å²) < 4.78 is 9.95. The van der Waals surface area contributed by atoms with Gasteiger partial charge in [0.15, 0.2) is 5.69 Å². The quantitative estimate of drug-likeness (QED) is 0.566. The number of aryl methyl sites for hydroxylation is 1. The van der Waals surface area contributed by atoms with Crippen LogP contribution in [-0.2, 0) is 6.54 Å². The van der Waals surface area contributed by atoms with Crippen LogP contribution in [0.1, 0.15) is 12.0 Å². The highest BCUT2D eigenvalue weighted by Crippen LogP contribution is 2.31. The molecule has 1 aliphatic rings. The topological polar surface area (TPSA) is 18.0 Å². The highest BCUT2D eigenvalue weighted by molar-refractivity contribution is 7.99. The van der Waals surface area contributed by atoms with Crippen LogP contribution in [0.2, 0.25) is 5.02 Å². The largest absolute Gasteiger partial charge is 1.00 e. The summed E-state index contributed by atoms with van der Waals surface area (Å²) in [7, 11) is 1.69. The normalized spacial score (nSPS) is 13.0. The number of methoxy groups -OCH3 is 1. The van der Waals surface area contributed by atoms with Crippen molar-refractivity contribution in [2.75, 3.05) is 12.9 Å². The first-order valence-corrected chi connectivity index (χ1v) is 9.72. The number of fused-ring (bicyclic) bond motifs is 1. The Hall–Kier alpha value is -1.43. The van der Waals surface area contributed by atoms with Gasteiger partial charge in [-0.2, -0.15) is 4.57 Å². The van der Waals surface area contributed by atoms with E-state index in [-0.39, 0.29) is 17.0 Å². The van der Waals surface area contributed by atoms with Crippen molar-refractivity contribution < 1.29 is 26.3 Å². The van der Waals surface area contributed by atoms with Gasteiger partial charge < -0.3 is 21.7 Å². The summed E-state index contributed by atoms with van der Waals surface area (Å²) in [4.78, 5) is 0. The van der Waals surface area contributed by atoms with Crippen LogP contribution in [0.5, 0.6) is 5.75 Å². The molecular formula is C20H20BrClN2OS. The summed E-state index contributed by atoms with van der Waals surface area (Å²) in [6.45, 7) is 3.07. The molecule has 1 aromatic heterocycles. The zero-order valence-corrected chi connectivity index (χ0v) is 17.9. The van der Waals surface area contributed by atoms with E-state index in [1.54, 1.807) is 7.11 Å². The molecule has 0 aliphatic carbocycles. The number of ether oxygens (including phenoxy) is 1. The molecule has 26 heavy (non-hydrogen) atoms. The maximum atomic E-state index is 6.36. The summed E-state index contributed by atoms with van der Waals surface area (Å²) in [6, 6.07) is 14.5. The molecule has 0 N–H and O–H groups in total. The van der Waals surface area contributed by atoms with Gasteiger partial charge >= 0.3 is 5.16 Å². The molecule has 0 atom stereocenters. The molecule has 1 aliphatic heterocycles. The van der Waals surface area contributed by atoms with Crippen LogP contribution in [0.4, 0.5) is 0 Å². The van der Waals surface area contributed by atoms with Gasteiger partial charge in [-0.05, 0) is 61.0 Å². The van der Waals surface area contributed by atoms with Crippen molar-refractivity contribution >= 4 is 23.4 Å². The molecule has 0 fully saturated rings. The molecule has 3 aromatic rings. The summed E-state index contributed by atoms with van der Waals surface area (Å²) >= 11 is 8.26. The number of rotatable bonds is 3. The van der Waals surface area contributed by atoms with E-state index in [2.05, 4.69) is 39.6 Å². The zero-order valence-electron chi connectivity index (χ0n) is 14.7. The van der Waals surface area contributed by atoms with Crippen molar-refractivity contribution in [1.82, 2.24) is 4.57 Å². The Morgan fingerprint density at radius 2 is 1.92 bits per heavy atom. The summed E-state index contributed by atoms with van der Waals surface area (Å²) in [5.41, 5.74) is 4.62. The predicted molar refractivity (Wildman–Crippen MR) is 103 cm³/mol. The number of benzene rings is 2. The van der Waals surface area contributed by atoms with E-state index in [9.17, 15) is 0 Å². The standard InChI is InChI=1S/C20H20ClN2OS.BrH/c1-14-4-7-16(12-18(14)21)23-13-19(22-10-3-11-25-20(22)23)15-5-8-17(24-2)9-6-15;/h4-9,12-13H,3,10-11H2,1-2H3;1H/q+1;/p-1. The lowest BCUT2D eigenvalue weighted by molar-refractivity contribution is -0.724. The molecular weight excluding hydrogens is 432 g/mol. The van der Waals surface area contributed by atoms with Gasteiger partial charge in [-0.15, -0.1) is 0 Å². The number of aromatic nitrogens is 2. The van der Waals surface area contributed by atoms with Crippen molar-refractivity contribution in [3.05, 3.63) is 59.2 Å². The van der Waals surface area contributed by atoms with Crippen LogP contribution in [0.15, 0.2) is 53.8 Å². The number of hydrogen-bond donors (Lipinski definition) is 0. The number of nitrogens with zero attached hydrogens (tertiary/aromatic N) is 2. The summed E-state index contributed by atoms with van der Waals surface area (Å²) in [6.07, 6.45) is 3.40. The predicted octanol–water partition coefficient (Wildman–Crippen LogP) is 1.90. The van der Waals surface area contributed by atoms with Gasteiger partial charge in [-0.25, -0.2) is 4.57 Å². The lowest BCUT2D eigenvalue weighted by Crippen LogP contribution is -3.00. The second kappa shape index (κ2) is 8.07. The lowest BCUT2D eigenvalue weighted by Gasteiger charge is -2.11. The molecule has 136 valence electrons. The summed E-state index contributed by atoms with van der Waals surface area (Å²) in [5, 5.41) is 2.06. The Morgan fingerprint density at radius 1 is 1.15 bits per heavy atom. The Kier molecular flexibility index (Phi) is 6.00. The van der Waals surface area contributed by atoms with Gasteiger partial charge in [0.2, 0.25) is 0 Å². The molecule has 0 amide bonds. The van der Waals surface area contributed by atoms with Gasteiger partial charge in [-0.3, -0.25) is 0 Å². The van der Waals surface area contributed by atoms with Gasteiger partial charge in [0, 0.05) is 22.4 Å². The number of halogens is 2. The van der Waals surface area contributed by atoms with Crippen LogP contribution in [0.3, 0.4) is 0 Å². The van der Waals surface area contributed by atoms with Crippen LogP contribution in [0.25, 0.3) is 16.9 Å². The molecule has 0 spiro atoms. The first kappa shape index (κ1) is 19.3. The number of thioether (sulfide) groups is 1. The Morgan fingerprint density at radius 3 is 2.62 bits per heavy atom. The number of hydrogen-bond acceptors (Lipinski definition) is 2. The van der Waals surface area contributed by atoms with Crippen molar-refractivity contribution in [2.45, 2.75) is 25.0 Å². The minimum absolute atomic E-state index is 0. The van der Waals surface area contributed by atoms with E-state index in [4.69, 9.17) is 16.3 Å². The fourth-order valence-electron chi connectivity index (χ4n) is 3.14. The first-order chi connectivity index (χ1) is 12.2. The van der Waals surface area contributed by atoms with Crippen molar-refractivity contribution in [3.63, 3.8) is 0 Å². The average Bonchev–Trinajstić information content (AvgIpc) is 3.04. The third-order valence-corrected chi connectivity index (χ3v) is 6.13. The van der Waals surface area contributed by atoms with E-state index < -0.39 is 0 Å². The Bertz CT molecular complexity index is 924. The molecule has 0 bridgehead atoms. The lowest BCUT2D eigenvalue weighted by atomic mass is 10.1. The fraction of sp³-hybridized carbons (Fsp3) is 0.250. The van der Waals surface area contributed by atoms with E-state index in [1.807, 2.05) is 36.9 Å². The average molecular weight is 452 g/mol. The minimum atomic E-state index is 0. The second-order valence-corrected chi connectivity index (χ2v) is 7.65. The Labute approximate surface area is 173 Å². The van der Waals surface area contributed by atoms with Gasteiger partial charge in [0.25, 0.3) is 0 Å². The molecule has 2 aromatic carbocycles. The maximum Gasteiger partial charge on any atom is 0.323 e. The number of imidazole rings is 1. The van der Waals surface area contributed by atoms with E-state index in [0.29, 0.717) is 0 Å². The smallest absolute Gasteiger partial charge is 0.323 e. The highest BCUT2D eigenvalue weighted by atomic mass is 79.9. The zero-order chi connectivity index (χ0) is 17.4. The van der Waals surface area contributed by atoms with Crippen LogP contribution in [-0.4, -0.2) is 17.4 Å². The van der Waals surface area contributed by atoms with Crippen molar-refractivity contribution in [2.24, 2.45) is 0 Å². The van der Waals surface area contributed by atoms with E-state index in [1.165, 1.54) is 22.8 Å². The van der Waals surface area contributed by atoms with Crippen LogP contribution < -0.4 is 26.3 Å². The van der Waals surface area contributed by atoms with Crippen LogP contribution in [0, 0.1) is 6.92 Å². The molecule has 0 unspecified atom stereocenters. The summed E-state index contributed by atoms with van der Waals surface area (Å²) in [5.74, 6) is 2.02. The second-order valence-electron chi connectivity index (χ2n) is 6.18. The molecule has 0 radical (unpaired) electrons. The maximum absolute atomic E-state index is 6.36. The van der Waals surface area contributed by atoms with Gasteiger partial charge in [0.1, 0.15) is 17.6 Å². The molecule has 3 nitrogen and oxygen atoms in total. The molecule has 0 saturated carbocycles. The van der Waals surface area contributed by atoms with Gasteiger partial charge in [-0.1, -0.05) is 17.7 Å². The Balaban J connectivity index is 0.00000196. The van der Waals surface area contributed by atoms with Crippen LogP contribution >= 0.6 is 23.4 Å². The monoisotopic (exact) mass is 450 g/mol. The van der Waals surface area contributed by atoms with Crippen molar-refractivity contribution in [3.8, 4) is 22.7 Å². The molecule has 4 rings (SSSR count). The van der Waals surface area contributed by atoms with E-state index in [0.717, 1.165) is 34.3 Å². The van der Waals surface area contributed by atoms with Gasteiger partial charge in [0.05, 0.1) is 13.7 Å². The first-order valence-electron chi connectivity index (χ1n) is 8.36. The third kappa shape index (κ3) is 3.53. The molecule has 0 saturated heterocycles. The van der Waals surface area contributed by atoms with E-state index >= 15 is 0 Å².